The van der Waals surface area contributed by atoms with Crippen LogP contribution in [0, 0.1) is 0 Å². The molecule has 0 saturated carbocycles. The van der Waals surface area contributed by atoms with Crippen LogP contribution in [0.25, 0.3) is 0 Å². The first-order valence-electron chi connectivity index (χ1n) is 4.00. The zero-order chi connectivity index (χ0) is 8.72. The van der Waals surface area contributed by atoms with Crippen molar-refractivity contribution in [2.45, 2.75) is 13.1 Å². The average Bonchev–Trinajstić information content (AvgIpc) is 2.28. The largest absolute Gasteiger partial charge is 0.345 e. The third-order valence-corrected chi connectivity index (χ3v) is 2.20. The lowest BCUT2D eigenvalue weighted by molar-refractivity contribution is 0.262. The summed E-state index contributed by atoms with van der Waals surface area (Å²) in [7, 11) is 3.72. The van der Waals surface area contributed by atoms with E-state index in [0.717, 1.165) is 25.5 Å². The molecule has 1 aromatic rings. The molecule has 2 rings (SSSR count). The normalized spacial score (nSPS) is 17.8. The molecule has 0 amide bonds. The number of aromatic nitrogens is 3. The second-order valence-corrected chi connectivity index (χ2v) is 3.21. The molecule has 0 spiro atoms. The lowest BCUT2D eigenvalue weighted by atomic mass is 10.4. The third kappa shape index (κ3) is 0.972. The van der Waals surface area contributed by atoms with Crippen LogP contribution in [0.5, 0.6) is 0 Å². The Balaban J connectivity index is 2.50. The molecular formula is C7H12N4O. The number of likely N-dealkylation sites (N-methyl/N-ethyl adjacent to an activating group) is 1. The van der Waals surface area contributed by atoms with Crippen LogP contribution in [0.2, 0.25) is 0 Å². The molecule has 1 aromatic heterocycles. The SMILES string of the molecule is CN1CCn2c(nn(C)c2=O)C1. The van der Waals surface area contributed by atoms with E-state index in [1.165, 1.54) is 4.68 Å². The summed E-state index contributed by atoms with van der Waals surface area (Å²) < 4.78 is 3.13. The Labute approximate surface area is 70.2 Å². The molecule has 0 N–H and O–H groups in total. The van der Waals surface area contributed by atoms with Gasteiger partial charge >= 0.3 is 5.69 Å². The molecule has 0 saturated heterocycles. The minimum atomic E-state index is -0.00176. The van der Waals surface area contributed by atoms with Gasteiger partial charge in [-0.1, -0.05) is 0 Å². The van der Waals surface area contributed by atoms with Gasteiger partial charge in [0.25, 0.3) is 0 Å². The summed E-state index contributed by atoms with van der Waals surface area (Å²) in [6, 6.07) is 0. The highest BCUT2D eigenvalue weighted by Gasteiger charge is 2.17. The number of rotatable bonds is 0. The van der Waals surface area contributed by atoms with Crippen LogP contribution in [0.3, 0.4) is 0 Å². The summed E-state index contributed by atoms with van der Waals surface area (Å²) in [6.45, 7) is 2.47. The molecule has 2 heterocycles. The van der Waals surface area contributed by atoms with Crippen molar-refractivity contribution >= 4 is 0 Å². The van der Waals surface area contributed by atoms with E-state index in [1.54, 1.807) is 11.6 Å². The fourth-order valence-electron chi connectivity index (χ4n) is 1.49. The van der Waals surface area contributed by atoms with Gasteiger partial charge in [0.05, 0.1) is 6.54 Å². The second kappa shape index (κ2) is 2.45. The maximum absolute atomic E-state index is 11.4. The van der Waals surface area contributed by atoms with Crippen molar-refractivity contribution in [1.82, 2.24) is 19.2 Å². The topological polar surface area (TPSA) is 43.1 Å². The molecule has 5 nitrogen and oxygen atoms in total. The third-order valence-electron chi connectivity index (χ3n) is 2.20. The van der Waals surface area contributed by atoms with Crippen molar-refractivity contribution in [2.75, 3.05) is 13.6 Å². The van der Waals surface area contributed by atoms with Gasteiger partial charge in [0.2, 0.25) is 0 Å². The van der Waals surface area contributed by atoms with Gasteiger partial charge in [-0.15, -0.1) is 0 Å². The molecule has 1 aliphatic heterocycles. The van der Waals surface area contributed by atoms with E-state index in [-0.39, 0.29) is 5.69 Å². The van der Waals surface area contributed by atoms with E-state index in [1.807, 2.05) is 7.05 Å². The maximum atomic E-state index is 11.4. The van der Waals surface area contributed by atoms with E-state index in [4.69, 9.17) is 0 Å². The molecule has 0 bridgehead atoms. The summed E-state index contributed by atoms with van der Waals surface area (Å²) in [6.07, 6.45) is 0. The Morgan fingerprint density at radius 2 is 2.08 bits per heavy atom. The summed E-state index contributed by atoms with van der Waals surface area (Å²) in [5.74, 6) is 0.872. The molecule has 12 heavy (non-hydrogen) atoms. The molecule has 0 fully saturated rings. The van der Waals surface area contributed by atoms with Crippen LogP contribution in [0.15, 0.2) is 4.79 Å². The molecule has 1 aliphatic rings. The predicted molar refractivity (Wildman–Crippen MR) is 43.8 cm³/mol. The van der Waals surface area contributed by atoms with E-state index in [0.29, 0.717) is 0 Å². The van der Waals surface area contributed by atoms with Gasteiger partial charge in [-0.25, -0.2) is 9.48 Å². The lowest BCUT2D eigenvalue weighted by Gasteiger charge is -2.21. The van der Waals surface area contributed by atoms with Gasteiger partial charge in [0.15, 0.2) is 0 Å². The lowest BCUT2D eigenvalue weighted by Crippen LogP contribution is -2.35. The molecule has 0 aromatic carbocycles. The Morgan fingerprint density at radius 1 is 1.33 bits per heavy atom. The number of hydrogen-bond acceptors (Lipinski definition) is 3. The number of hydrogen-bond donors (Lipinski definition) is 0. The van der Waals surface area contributed by atoms with E-state index in [9.17, 15) is 4.79 Å². The van der Waals surface area contributed by atoms with E-state index in [2.05, 4.69) is 10.00 Å². The average molecular weight is 168 g/mol. The van der Waals surface area contributed by atoms with Gasteiger partial charge in [-0.05, 0) is 7.05 Å². The molecule has 0 atom stereocenters. The molecule has 0 unspecified atom stereocenters. The zero-order valence-electron chi connectivity index (χ0n) is 7.32. The Hall–Kier alpha value is -1.10. The highest BCUT2D eigenvalue weighted by molar-refractivity contribution is 4.90. The number of aryl methyl sites for hydroxylation is 1. The van der Waals surface area contributed by atoms with Crippen LogP contribution in [0.4, 0.5) is 0 Å². The van der Waals surface area contributed by atoms with Gasteiger partial charge in [-0.2, -0.15) is 5.10 Å². The maximum Gasteiger partial charge on any atom is 0.345 e. The van der Waals surface area contributed by atoms with Crippen LogP contribution in [-0.2, 0) is 20.1 Å². The fraction of sp³-hybridized carbons (Fsp3) is 0.714. The van der Waals surface area contributed by atoms with Crippen molar-refractivity contribution in [1.29, 1.82) is 0 Å². The highest BCUT2D eigenvalue weighted by atomic mass is 16.2. The number of nitrogens with zero attached hydrogens (tertiary/aromatic N) is 4. The second-order valence-electron chi connectivity index (χ2n) is 3.21. The first-order chi connectivity index (χ1) is 5.68. The minimum absolute atomic E-state index is 0.00176. The predicted octanol–water partition coefficient (Wildman–Crippen LogP) is -0.973. The molecule has 66 valence electrons. The molecule has 0 radical (unpaired) electrons. The minimum Gasteiger partial charge on any atom is -0.297 e. The Morgan fingerprint density at radius 3 is 2.83 bits per heavy atom. The first kappa shape index (κ1) is 7.54. The molecule has 5 heteroatoms. The van der Waals surface area contributed by atoms with Crippen LogP contribution >= 0.6 is 0 Å². The smallest absolute Gasteiger partial charge is 0.297 e. The van der Waals surface area contributed by atoms with Crippen molar-refractivity contribution in [3.63, 3.8) is 0 Å². The summed E-state index contributed by atoms with van der Waals surface area (Å²) in [5.41, 5.74) is -0.00176. The van der Waals surface area contributed by atoms with Gasteiger partial charge < -0.3 is 0 Å². The molecular weight excluding hydrogens is 156 g/mol. The number of fused-ring (bicyclic) bond motifs is 1. The fourth-order valence-corrected chi connectivity index (χ4v) is 1.49. The van der Waals surface area contributed by atoms with Crippen molar-refractivity contribution in [3.05, 3.63) is 16.3 Å². The van der Waals surface area contributed by atoms with Crippen molar-refractivity contribution in [2.24, 2.45) is 7.05 Å². The monoisotopic (exact) mass is 168 g/mol. The quantitative estimate of drug-likeness (QED) is 0.500. The summed E-state index contributed by atoms with van der Waals surface area (Å²) in [4.78, 5) is 13.5. The van der Waals surface area contributed by atoms with E-state index < -0.39 is 0 Å². The van der Waals surface area contributed by atoms with Crippen molar-refractivity contribution in [3.8, 4) is 0 Å². The van der Waals surface area contributed by atoms with Crippen LogP contribution in [0.1, 0.15) is 5.82 Å². The summed E-state index contributed by atoms with van der Waals surface area (Å²) in [5, 5.41) is 4.13. The first-order valence-corrected chi connectivity index (χ1v) is 4.00. The molecule has 0 aliphatic carbocycles. The van der Waals surface area contributed by atoms with Gasteiger partial charge in [0.1, 0.15) is 5.82 Å². The summed E-state index contributed by atoms with van der Waals surface area (Å²) >= 11 is 0. The van der Waals surface area contributed by atoms with Gasteiger partial charge in [0, 0.05) is 20.1 Å². The standard InChI is InChI=1S/C7H12N4O/c1-9-3-4-11-6(5-9)8-10(2)7(11)12/h3-5H2,1-2H3. The zero-order valence-corrected chi connectivity index (χ0v) is 7.32. The van der Waals surface area contributed by atoms with Crippen LogP contribution < -0.4 is 5.69 Å². The van der Waals surface area contributed by atoms with Gasteiger partial charge in [-0.3, -0.25) is 9.47 Å². The highest BCUT2D eigenvalue weighted by Crippen LogP contribution is 2.03. The Bertz CT molecular complexity index is 351. The van der Waals surface area contributed by atoms with Crippen molar-refractivity contribution < 1.29 is 0 Å². The Kier molecular flexibility index (Phi) is 1.54. The van der Waals surface area contributed by atoms with Crippen LogP contribution in [-0.4, -0.2) is 32.8 Å². The van der Waals surface area contributed by atoms with E-state index >= 15 is 0 Å².